The van der Waals surface area contributed by atoms with E-state index in [0.717, 1.165) is 34.0 Å². The molecule has 0 saturated carbocycles. The number of rotatable bonds is 4. The molecule has 0 aliphatic carbocycles. The Kier molecular flexibility index (Phi) is 4.45. The van der Waals surface area contributed by atoms with Crippen LogP contribution in [0.2, 0.25) is 0 Å². The highest BCUT2D eigenvalue weighted by atomic mass is 32.1. The minimum absolute atomic E-state index is 0.0781. The van der Waals surface area contributed by atoms with E-state index in [1.165, 1.54) is 12.1 Å². The van der Waals surface area contributed by atoms with E-state index in [2.05, 4.69) is 4.98 Å². The highest BCUT2D eigenvalue weighted by Gasteiger charge is 2.29. The number of nitrogens with zero attached hydrogens (tertiary/aromatic N) is 1. The third-order valence-corrected chi connectivity index (χ3v) is 3.78. The molecule has 1 aromatic heterocycles. The Morgan fingerprint density at radius 3 is 2.45 bits per heavy atom. The van der Waals surface area contributed by atoms with Crippen LogP contribution in [0.15, 0.2) is 30.5 Å². The highest BCUT2D eigenvalue weighted by Crippen LogP contribution is 2.29. The summed E-state index contributed by atoms with van der Waals surface area (Å²) in [5.74, 6) is 0. The number of alkyl halides is 3. The molecular formula is C14H15F3N2S. The molecule has 1 atom stereocenters. The van der Waals surface area contributed by atoms with E-state index in [9.17, 15) is 13.2 Å². The van der Waals surface area contributed by atoms with Crippen LogP contribution < -0.4 is 5.73 Å². The Balaban J connectivity index is 2.05. The summed E-state index contributed by atoms with van der Waals surface area (Å²) >= 11 is 1.55. The largest absolute Gasteiger partial charge is 0.416 e. The van der Waals surface area contributed by atoms with Crippen molar-refractivity contribution in [2.75, 3.05) is 0 Å². The van der Waals surface area contributed by atoms with Gasteiger partial charge in [0, 0.05) is 23.5 Å². The van der Waals surface area contributed by atoms with Crippen LogP contribution in [0, 0.1) is 0 Å². The molecule has 0 spiro atoms. The van der Waals surface area contributed by atoms with E-state index in [-0.39, 0.29) is 6.04 Å². The van der Waals surface area contributed by atoms with Crippen molar-refractivity contribution in [1.82, 2.24) is 4.98 Å². The first-order valence-electron chi connectivity index (χ1n) is 6.20. The van der Waals surface area contributed by atoms with Crippen LogP contribution >= 0.6 is 11.3 Å². The fourth-order valence-electron chi connectivity index (χ4n) is 1.83. The molecule has 108 valence electrons. The van der Waals surface area contributed by atoms with E-state index >= 15 is 0 Å². The summed E-state index contributed by atoms with van der Waals surface area (Å²) in [6, 6.07) is 5.28. The molecule has 2 N–H and O–H groups in total. The van der Waals surface area contributed by atoms with Gasteiger partial charge in [-0.05, 0) is 31.0 Å². The lowest BCUT2D eigenvalue weighted by Gasteiger charge is -2.06. The van der Waals surface area contributed by atoms with Crippen LogP contribution in [0.25, 0.3) is 0 Å². The zero-order valence-corrected chi connectivity index (χ0v) is 11.8. The van der Waals surface area contributed by atoms with Crippen LogP contribution in [0.5, 0.6) is 0 Å². The van der Waals surface area contributed by atoms with Gasteiger partial charge in [-0.3, -0.25) is 0 Å². The summed E-state index contributed by atoms with van der Waals surface area (Å²) in [6.45, 7) is 1.93. The number of thiazole rings is 1. The summed E-state index contributed by atoms with van der Waals surface area (Å²) in [4.78, 5) is 5.38. The van der Waals surface area contributed by atoms with Gasteiger partial charge in [-0.25, -0.2) is 4.98 Å². The van der Waals surface area contributed by atoms with Crippen molar-refractivity contribution in [2.45, 2.75) is 32.0 Å². The fraction of sp³-hybridized carbons (Fsp3) is 0.357. The predicted molar refractivity (Wildman–Crippen MR) is 73.7 cm³/mol. The third-order valence-electron chi connectivity index (χ3n) is 2.76. The van der Waals surface area contributed by atoms with Gasteiger partial charge >= 0.3 is 6.18 Å². The van der Waals surface area contributed by atoms with Gasteiger partial charge in [-0.1, -0.05) is 12.1 Å². The maximum absolute atomic E-state index is 12.4. The van der Waals surface area contributed by atoms with Crippen molar-refractivity contribution >= 4 is 11.3 Å². The fourth-order valence-corrected chi connectivity index (χ4v) is 2.93. The second-order valence-electron chi connectivity index (χ2n) is 4.77. The minimum Gasteiger partial charge on any atom is -0.328 e. The van der Waals surface area contributed by atoms with Gasteiger partial charge < -0.3 is 5.73 Å². The average molecular weight is 300 g/mol. The van der Waals surface area contributed by atoms with E-state index in [1.807, 2.05) is 6.92 Å². The Morgan fingerprint density at radius 1 is 1.25 bits per heavy atom. The number of nitrogens with two attached hydrogens (primary N) is 1. The molecule has 1 unspecified atom stereocenters. The van der Waals surface area contributed by atoms with Gasteiger partial charge in [-0.2, -0.15) is 13.2 Å². The standard InChI is InChI=1S/C14H15F3N2S/c1-9(18)6-12-8-19-13(20-12)7-10-2-4-11(5-3-10)14(15,16)17/h2-5,8-9H,6-7,18H2,1H3. The average Bonchev–Trinajstić information content (AvgIpc) is 2.75. The number of halogens is 3. The lowest BCUT2D eigenvalue weighted by molar-refractivity contribution is -0.137. The second kappa shape index (κ2) is 5.93. The zero-order valence-electron chi connectivity index (χ0n) is 10.9. The summed E-state index contributed by atoms with van der Waals surface area (Å²) in [6.07, 6.45) is -1.19. The molecule has 0 radical (unpaired) electrons. The van der Waals surface area contributed by atoms with Crippen LogP contribution in [0.3, 0.4) is 0 Å². The summed E-state index contributed by atoms with van der Waals surface area (Å²) in [5, 5.41) is 0.889. The molecule has 1 heterocycles. The lowest BCUT2D eigenvalue weighted by atomic mass is 10.1. The summed E-state index contributed by atoms with van der Waals surface area (Å²) in [7, 11) is 0. The minimum atomic E-state index is -4.29. The van der Waals surface area contributed by atoms with Crippen molar-refractivity contribution < 1.29 is 13.2 Å². The van der Waals surface area contributed by atoms with E-state index in [1.54, 1.807) is 17.5 Å². The van der Waals surface area contributed by atoms with E-state index in [0.29, 0.717) is 6.42 Å². The zero-order chi connectivity index (χ0) is 14.8. The molecule has 2 nitrogen and oxygen atoms in total. The maximum atomic E-state index is 12.4. The summed E-state index contributed by atoms with van der Waals surface area (Å²) < 4.78 is 37.3. The Morgan fingerprint density at radius 2 is 1.90 bits per heavy atom. The quantitative estimate of drug-likeness (QED) is 0.936. The molecule has 0 aliphatic heterocycles. The molecule has 0 amide bonds. The Hall–Kier alpha value is -1.40. The van der Waals surface area contributed by atoms with Gasteiger partial charge in [0.25, 0.3) is 0 Å². The molecule has 6 heteroatoms. The van der Waals surface area contributed by atoms with Crippen molar-refractivity contribution in [3.05, 3.63) is 51.5 Å². The highest BCUT2D eigenvalue weighted by molar-refractivity contribution is 7.11. The summed E-state index contributed by atoms with van der Waals surface area (Å²) in [5.41, 5.74) is 5.91. The van der Waals surface area contributed by atoms with E-state index in [4.69, 9.17) is 5.73 Å². The van der Waals surface area contributed by atoms with Crippen LogP contribution in [-0.2, 0) is 19.0 Å². The van der Waals surface area contributed by atoms with Crippen LogP contribution in [0.4, 0.5) is 13.2 Å². The molecular weight excluding hydrogens is 285 g/mol. The van der Waals surface area contributed by atoms with Gasteiger partial charge in [-0.15, -0.1) is 11.3 Å². The van der Waals surface area contributed by atoms with Gasteiger partial charge in [0.15, 0.2) is 0 Å². The number of benzene rings is 1. The van der Waals surface area contributed by atoms with Gasteiger partial charge in [0.1, 0.15) is 0 Å². The van der Waals surface area contributed by atoms with Crippen molar-refractivity contribution in [1.29, 1.82) is 0 Å². The van der Waals surface area contributed by atoms with Crippen molar-refractivity contribution in [2.24, 2.45) is 5.73 Å². The first-order chi connectivity index (χ1) is 9.34. The molecule has 0 bridgehead atoms. The second-order valence-corrected chi connectivity index (χ2v) is 5.97. The normalized spacial score (nSPS) is 13.4. The Labute approximate surface area is 119 Å². The first kappa shape index (κ1) is 15.0. The topological polar surface area (TPSA) is 38.9 Å². The molecule has 20 heavy (non-hydrogen) atoms. The van der Waals surface area contributed by atoms with Crippen LogP contribution in [-0.4, -0.2) is 11.0 Å². The SMILES string of the molecule is CC(N)Cc1cnc(Cc2ccc(C(F)(F)F)cc2)s1. The van der Waals surface area contributed by atoms with Gasteiger partial charge in [0.2, 0.25) is 0 Å². The van der Waals surface area contributed by atoms with Gasteiger partial charge in [0.05, 0.1) is 10.6 Å². The number of aromatic nitrogens is 1. The van der Waals surface area contributed by atoms with Crippen LogP contribution in [0.1, 0.15) is 27.9 Å². The molecule has 0 saturated heterocycles. The van der Waals surface area contributed by atoms with Crippen molar-refractivity contribution in [3.63, 3.8) is 0 Å². The smallest absolute Gasteiger partial charge is 0.328 e. The lowest BCUT2D eigenvalue weighted by Crippen LogP contribution is -2.16. The number of hydrogen-bond donors (Lipinski definition) is 1. The molecule has 1 aromatic carbocycles. The van der Waals surface area contributed by atoms with E-state index < -0.39 is 11.7 Å². The molecule has 2 rings (SSSR count). The van der Waals surface area contributed by atoms with Crippen molar-refractivity contribution in [3.8, 4) is 0 Å². The monoisotopic (exact) mass is 300 g/mol. The molecule has 0 fully saturated rings. The third kappa shape index (κ3) is 4.05. The molecule has 0 aliphatic rings. The predicted octanol–water partition coefficient (Wildman–Crippen LogP) is 3.64. The molecule has 2 aromatic rings. The maximum Gasteiger partial charge on any atom is 0.416 e. The first-order valence-corrected chi connectivity index (χ1v) is 7.01. The Bertz CT molecular complexity index is 559. The number of hydrogen-bond acceptors (Lipinski definition) is 3.